The van der Waals surface area contributed by atoms with Crippen molar-refractivity contribution in [2.24, 2.45) is 0 Å². The van der Waals surface area contributed by atoms with E-state index in [2.05, 4.69) is 10.3 Å². The van der Waals surface area contributed by atoms with Crippen molar-refractivity contribution in [1.29, 1.82) is 0 Å². The molecule has 8 heteroatoms. The van der Waals surface area contributed by atoms with Gasteiger partial charge in [0, 0.05) is 0 Å². The Morgan fingerprint density at radius 1 is 1.53 bits per heavy atom. The molecule has 88 valence electrons. The van der Waals surface area contributed by atoms with Gasteiger partial charge in [-0.3, -0.25) is 10.1 Å². The molecule has 0 saturated heterocycles. The van der Waals surface area contributed by atoms with E-state index in [1.807, 2.05) is 0 Å². The minimum atomic E-state index is -0.689. The van der Waals surface area contributed by atoms with Gasteiger partial charge < -0.3 is 5.73 Å². The topological polar surface area (TPSA) is 99.9 Å². The zero-order valence-electron chi connectivity index (χ0n) is 8.79. The number of nitrogens with two attached hydrogens (primary N) is 1. The van der Waals surface area contributed by atoms with E-state index >= 15 is 0 Å². The number of halogens is 1. The Morgan fingerprint density at radius 3 is 2.76 bits per heavy atom. The second-order valence-corrected chi connectivity index (χ2v) is 3.36. The van der Waals surface area contributed by atoms with Crippen LogP contribution in [0.3, 0.4) is 0 Å². The van der Waals surface area contributed by atoms with Crippen molar-refractivity contribution < 1.29 is 9.31 Å². The quantitative estimate of drug-likeness (QED) is 0.624. The average Bonchev–Trinajstić information content (AvgIpc) is 2.60. The van der Waals surface area contributed by atoms with E-state index in [-0.39, 0.29) is 11.5 Å². The van der Waals surface area contributed by atoms with Gasteiger partial charge in [-0.15, -0.1) is 5.10 Å². The summed E-state index contributed by atoms with van der Waals surface area (Å²) in [5.74, 6) is -0.519. The molecule has 17 heavy (non-hydrogen) atoms. The molecule has 0 aliphatic heterocycles. The zero-order chi connectivity index (χ0) is 12.6. The summed E-state index contributed by atoms with van der Waals surface area (Å²) in [5, 5.41) is 18.1. The van der Waals surface area contributed by atoms with Crippen LogP contribution in [0.2, 0.25) is 0 Å². The largest absolute Gasteiger partial charge is 0.381 e. The molecule has 0 aliphatic rings. The van der Waals surface area contributed by atoms with Gasteiger partial charge in [0.15, 0.2) is 5.82 Å². The Labute approximate surface area is 94.8 Å². The molecule has 1 aromatic carbocycles. The number of nitrogen functional groups attached to an aromatic ring is 1. The lowest BCUT2D eigenvalue weighted by molar-refractivity contribution is -0.384. The summed E-state index contributed by atoms with van der Waals surface area (Å²) in [6.07, 6.45) is 0. The van der Waals surface area contributed by atoms with Crippen molar-refractivity contribution >= 4 is 11.5 Å². The number of nitro benzene ring substituents is 1. The first-order chi connectivity index (χ1) is 8.00. The first-order valence-corrected chi connectivity index (χ1v) is 4.63. The predicted molar refractivity (Wildman–Crippen MR) is 57.1 cm³/mol. The predicted octanol–water partition coefficient (Wildman–Crippen LogP) is 1.21. The summed E-state index contributed by atoms with van der Waals surface area (Å²) in [5.41, 5.74) is 5.69. The van der Waals surface area contributed by atoms with Crippen LogP contribution in [-0.4, -0.2) is 19.9 Å². The summed E-state index contributed by atoms with van der Waals surface area (Å²) >= 11 is 0. The molecule has 0 radical (unpaired) electrons. The smallest absolute Gasteiger partial charge is 0.297 e. The van der Waals surface area contributed by atoms with Gasteiger partial charge in [-0.25, -0.2) is 9.07 Å². The number of aromatic nitrogens is 3. The van der Waals surface area contributed by atoms with Crippen molar-refractivity contribution in [3.63, 3.8) is 0 Å². The third-order valence-electron chi connectivity index (χ3n) is 2.29. The lowest BCUT2D eigenvalue weighted by Crippen LogP contribution is -2.04. The molecule has 0 saturated carbocycles. The van der Waals surface area contributed by atoms with Gasteiger partial charge in [0.1, 0.15) is 11.5 Å². The number of nitrogens with zero attached hydrogens (tertiary/aromatic N) is 4. The van der Waals surface area contributed by atoms with Crippen LogP contribution < -0.4 is 5.73 Å². The number of rotatable bonds is 2. The van der Waals surface area contributed by atoms with E-state index in [1.165, 1.54) is 10.7 Å². The number of anilines is 1. The van der Waals surface area contributed by atoms with Crippen LogP contribution in [0.4, 0.5) is 15.9 Å². The van der Waals surface area contributed by atoms with Crippen LogP contribution in [0, 0.1) is 22.9 Å². The molecular weight excluding hydrogens is 229 g/mol. The highest BCUT2D eigenvalue weighted by atomic mass is 19.1. The van der Waals surface area contributed by atoms with Crippen LogP contribution in [0.5, 0.6) is 0 Å². The molecule has 2 rings (SSSR count). The maximum atomic E-state index is 13.0. The molecule has 2 aromatic rings. The monoisotopic (exact) mass is 237 g/mol. The van der Waals surface area contributed by atoms with E-state index in [1.54, 1.807) is 6.92 Å². The first-order valence-electron chi connectivity index (χ1n) is 4.63. The van der Waals surface area contributed by atoms with Crippen molar-refractivity contribution in [2.75, 3.05) is 5.73 Å². The number of benzene rings is 1. The molecular formula is C9H8FN5O2. The molecule has 7 nitrogen and oxygen atoms in total. The summed E-state index contributed by atoms with van der Waals surface area (Å²) in [4.78, 5) is 10.1. The minimum Gasteiger partial charge on any atom is -0.381 e. The summed E-state index contributed by atoms with van der Waals surface area (Å²) in [6.45, 7) is 1.61. The van der Waals surface area contributed by atoms with Gasteiger partial charge in [-0.2, -0.15) is 0 Å². The van der Waals surface area contributed by atoms with Gasteiger partial charge >= 0.3 is 0 Å². The summed E-state index contributed by atoms with van der Waals surface area (Å²) in [7, 11) is 0. The third-order valence-corrected chi connectivity index (χ3v) is 2.29. The summed E-state index contributed by atoms with van der Waals surface area (Å²) < 4.78 is 14.2. The van der Waals surface area contributed by atoms with E-state index in [4.69, 9.17) is 5.73 Å². The number of hydrogen-bond acceptors (Lipinski definition) is 5. The highest BCUT2D eigenvalue weighted by molar-refractivity contribution is 5.54. The molecule has 1 heterocycles. The number of hydrogen-bond donors (Lipinski definition) is 1. The lowest BCUT2D eigenvalue weighted by Gasteiger charge is -2.04. The van der Waals surface area contributed by atoms with Crippen molar-refractivity contribution in [3.05, 3.63) is 39.8 Å². The van der Waals surface area contributed by atoms with Crippen LogP contribution in [-0.2, 0) is 0 Å². The highest BCUT2D eigenvalue weighted by Crippen LogP contribution is 2.25. The minimum absolute atomic E-state index is 0.123. The molecule has 0 amide bonds. The fourth-order valence-corrected chi connectivity index (χ4v) is 1.39. The maximum absolute atomic E-state index is 13.0. The Hall–Kier alpha value is -2.51. The standard InChI is InChI=1S/C9H8FN5O2/c1-5-9(11)12-13-14(5)7-3-2-6(10)4-8(7)15(16)17/h2-4H,11H2,1H3. The van der Waals surface area contributed by atoms with E-state index in [0.717, 1.165) is 12.1 Å². The third kappa shape index (κ3) is 1.80. The molecule has 0 fully saturated rings. The normalized spacial score (nSPS) is 10.5. The molecule has 2 N–H and O–H groups in total. The molecule has 1 aromatic heterocycles. The van der Waals surface area contributed by atoms with Crippen molar-refractivity contribution in [1.82, 2.24) is 15.0 Å². The SMILES string of the molecule is Cc1c(N)nnn1-c1ccc(F)cc1[N+](=O)[O-]. The van der Waals surface area contributed by atoms with Crippen molar-refractivity contribution in [2.45, 2.75) is 6.92 Å². The van der Waals surface area contributed by atoms with Crippen molar-refractivity contribution in [3.8, 4) is 5.69 Å². The molecule has 0 aliphatic carbocycles. The summed E-state index contributed by atoms with van der Waals surface area (Å²) in [6, 6.07) is 3.20. The Bertz CT molecular complexity index is 595. The van der Waals surface area contributed by atoms with E-state index in [9.17, 15) is 14.5 Å². The molecule has 0 unspecified atom stereocenters. The Kier molecular flexibility index (Phi) is 2.47. The fourth-order valence-electron chi connectivity index (χ4n) is 1.39. The average molecular weight is 237 g/mol. The van der Waals surface area contributed by atoms with Gasteiger partial charge in [-0.1, -0.05) is 5.21 Å². The molecule has 0 atom stereocenters. The van der Waals surface area contributed by atoms with Crippen LogP contribution in [0.25, 0.3) is 5.69 Å². The Morgan fingerprint density at radius 2 is 2.24 bits per heavy atom. The van der Waals surface area contributed by atoms with Crippen LogP contribution in [0.1, 0.15) is 5.69 Å². The fraction of sp³-hybridized carbons (Fsp3) is 0.111. The van der Waals surface area contributed by atoms with Gasteiger partial charge in [0.25, 0.3) is 5.69 Å². The van der Waals surface area contributed by atoms with Gasteiger partial charge in [0.2, 0.25) is 0 Å². The van der Waals surface area contributed by atoms with Crippen LogP contribution >= 0.6 is 0 Å². The Balaban J connectivity index is 2.67. The first kappa shape index (κ1) is 11.0. The van der Waals surface area contributed by atoms with Gasteiger partial charge in [0.05, 0.1) is 16.7 Å². The number of nitro groups is 1. The highest BCUT2D eigenvalue weighted by Gasteiger charge is 2.19. The maximum Gasteiger partial charge on any atom is 0.297 e. The van der Waals surface area contributed by atoms with E-state index < -0.39 is 16.4 Å². The second-order valence-electron chi connectivity index (χ2n) is 3.36. The van der Waals surface area contributed by atoms with Crippen LogP contribution in [0.15, 0.2) is 18.2 Å². The second kappa shape index (κ2) is 3.81. The lowest BCUT2D eigenvalue weighted by atomic mass is 10.2. The van der Waals surface area contributed by atoms with E-state index in [0.29, 0.717) is 5.69 Å². The molecule has 0 spiro atoms. The van der Waals surface area contributed by atoms with Gasteiger partial charge in [-0.05, 0) is 19.1 Å². The zero-order valence-corrected chi connectivity index (χ0v) is 8.79. The molecule has 0 bridgehead atoms.